The van der Waals surface area contributed by atoms with Gasteiger partial charge in [0.15, 0.2) is 0 Å². The molecule has 0 bridgehead atoms. The molecular weight excluding hydrogens is 288 g/mol. The van der Waals surface area contributed by atoms with E-state index in [2.05, 4.69) is 41.1 Å². The van der Waals surface area contributed by atoms with Gasteiger partial charge in [-0.3, -0.25) is 0 Å². The van der Waals surface area contributed by atoms with Crippen molar-refractivity contribution in [2.45, 2.75) is 32.1 Å². The molecule has 4 heteroatoms. The molecule has 3 rings (SSSR count). The summed E-state index contributed by atoms with van der Waals surface area (Å²) in [6, 6.07) is 13.9. The summed E-state index contributed by atoms with van der Waals surface area (Å²) in [7, 11) is 0. The zero-order valence-electron chi connectivity index (χ0n) is 13.6. The number of aryl methyl sites for hydroxylation is 1. The third kappa shape index (κ3) is 3.07. The lowest BCUT2D eigenvalue weighted by atomic mass is 9.76. The average Bonchev–Trinajstić information content (AvgIpc) is 2.55. The molecule has 23 heavy (non-hydrogen) atoms. The van der Waals surface area contributed by atoms with Crippen LogP contribution in [-0.4, -0.2) is 29.1 Å². The molecule has 0 amide bonds. The number of aromatic nitrogens is 1. The van der Waals surface area contributed by atoms with Crippen LogP contribution < -0.4 is 4.90 Å². The first-order valence-corrected chi connectivity index (χ1v) is 8.01. The van der Waals surface area contributed by atoms with E-state index >= 15 is 0 Å². The molecule has 1 aromatic carbocycles. The highest BCUT2D eigenvalue weighted by atomic mass is 16.4. The van der Waals surface area contributed by atoms with Crippen LogP contribution in [0.5, 0.6) is 0 Å². The highest BCUT2D eigenvalue weighted by Crippen LogP contribution is 2.36. The van der Waals surface area contributed by atoms with Gasteiger partial charge in [-0.2, -0.15) is 0 Å². The van der Waals surface area contributed by atoms with Gasteiger partial charge < -0.3 is 10.0 Å². The first-order chi connectivity index (χ1) is 11.0. The molecule has 0 radical (unpaired) electrons. The van der Waals surface area contributed by atoms with Gasteiger partial charge >= 0.3 is 5.97 Å². The third-order valence-corrected chi connectivity index (χ3v) is 4.71. The van der Waals surface area contributed by atoms with E-state index in [0.717, 1.165) is 31.6 Å². The summed E-state index contributed by atoms with van der Waals surface area (Å²) in [5, 5.41) is 9.47. The van der Waals surface area contributed by atoms with Gasteiger partial charge in [-0.15, -0.1) is 0 Å². The van der Waals surface area contributed by atoms with Crippen molar-refractivity contribution in [3.8, 4) is 0 Å². The number of anilines is 1. The Balaban J connectivity index is 1.96. The topological polar surface area (TPSA) is 53.4 Å². The molecule has 1 aliphatic heterocycles. The SMILES string of the molecule is Cc1ccc(C(=O)O)c(N2CCC[C@@](C)(c3ccccc3)C2)n1. The smallest absolute Gasteiger partial charge is 0.339 e. The highest BCUT2D eigenvalue weighted by molar-refractivity contribution is 5.93. The van der Waals surface area contributed by atoms with Gasteiger partial charge in [0.25, 0.3) is 0 Å². The van der Waals surface area contributed by atoms with Crippen LogP contribution in [0.25, 0.3) is 0 Å². The normalized spacial score (nSPS) is 21.2. The number of aromatic carboxylic acids is 1. The molecule has 0 spiro atoms. The Morgan fingerprint density at radius 1 is 1.22 bits per heavy atom. The second kappa shape index (κ2) is 6.03. The lowest BCUT2D eigenvalue weighted by Crippen LogP contribution is -2.45. The lowest BCUT2D eigenvalue weighted by molar-refractivity contribution is 0.0697. The molecule has 1 saturated heterocycles. The molecule has 1 aliphatic rings. The van der Waals surface area contributed by atoms with Crippen molar-refractivity contribution in [3.63, 3.8) is 0 Å². The zero-order valence-corrected chi connectivity index (χ0v) is 13.6. The van der Waals surface area contributed by atoms with Crippen LogP contribution in [0.3, 0.4) is 0 Å². The van der Waals surface area contributed by atoms with Crippen LogP contribution in [0.15, 0.2) is 42.5 Å². The Bertz CT molecular complexity index is 715. The van der Waals surface area contributed by atoms with Gasteiger partial charge in [-0.05, 0) is 37.5 Å². The Hall–Kier alpha value is -2.36. The first kappa shape index (κ1) is 15.5. The molecule has 0 aliphatic carbocycles. The van der Waals surface area contributed by atoms with Crippen LogP contribution >= 0.6 is 0 Å². The van der Waals surface area contributed by atoms with E-state index < -0.39 is 5.97 Å². The zero-order chi connectivity index (χ0) is 16.4. The van der Waals surface area contributed by atoms with E-state index in [-0.39, 0.29) is 11.0 Å². The number of carbonyl (C=O) groups is 1. The van der Waals surface area contributed by atoms with Crippen molar-refractivity contribution in [1.82, 2.24) is 4.98 Å². The van der Waals surface area contributed by atoms with Gasteiger partial charge in [0.2, 0.25) is 0 Å². The Morgan fingerprint density at radius 2 is 1.96 bits per heavy atom. The molecule has 120 valence electrons. The first-order valence-electron chi connectivity index (χ1n) is 8.01. The molecule has 1 aromatic heterocycles. The van der Waals surface area contributed by atoms with Crippen LogP contribution in [0.2, 0.25) is 0 Å². The molecule has 2 aromatic rings. The molecule has 1 atom stereocenters. The second-order valence-electron chi connectivity index (χ2n) is 6.58. The summed E-state index contributed by atoms with van der Waals surface area (Å²) in [6.45, 7) is 5.78. The number of piperidine rings is 1. The average molecular weight is 310 g/mol. The predicted octanol–water partition coefficient (Wildman–Crippen LogP) is 3.65. The predicted molar refractivity (Wildman–Crippen MR) is 91.2 cm³/mol. The van der Waals surface area contributed by atoms with Crippen LogP contribution in [0, 0.1) is 6.92 Å². The number of hydrogen-bond donors (Lipinski definition) is 1. The van der Waals surface area contributed by atoms with Crippen LogP contribution in [-0.2, 0) is 5.41 Å². The van der Waals surface area contributed by atoms with Gasteiger partial charge in [0, 0.05) is 24.2 Å². The molecule has 2 heterocycles. The quantitative estimate of drug-likeness (QED) is 0.940. The number of carboxylic acid groups (broad SMARTS) is 1. The van der Waals surface area contributed by atoms with Crippen molar-refractivity contribution >= 4 is 11.8 Å². The van der Waals surface area contributed by atoms with Gasteiger partial charge in [-0.25, -0.2) is 9.78 Å². The van der Waals surface area contributed by atoms with Gasteiger partial charge in [-0.1, -0.05) is 37.3 Å². The summed E-state index contributed by atoms with van der Waals surface area (Å²) in [5.41, 5.74) is 2.44. The van der Waals surface area contributed by atoms with Crippen molar-refractivity contribution in [2.75, 3.05) is 18.0 Å². The minimum absolute atomic E-state index is 0.0146. The number of benzene rings is 1. The maximum atomic E-state index is 11.5. The number of carboxylic acids is 1. The Morgan fingerprint density at radius 3 is 2.65 bits per heavy atom. The summed E-state index contributed by atoms with van der Waals surface area (Å²) in [5.74, 6) is -0.321. The number of pyridine rings is 1. The number of rotatable bonds is 3. The van der Waals surface area contributed by atoms with Crippen molar-refractivity contribution < 1.29 is 9.90 Å². The Kier molecular flexibility index (Phi) is 4.07. The fourth-order valence-electron chi connectivity index (χ4n) is 3.45. The largest absolute Gasteiger partial charge is 0.478 e. The van der Waals surface area contributed by atoms with Crippen LogP contribution in [0.1, 0.15) is 41.4 Å². The second-order valence-corrected chi connectivity index (χ2v) is 6.58. The van der Waals surface area contributed by atoms with Gasteiger partial charge in [0.1, 0.15) is 11.4 Å². The minimum atomic E-state index is -0.917. The molecular formula is C19H22N2O2. The van der Waals surface area contributed by atoms with E-state index in [9.17, 15) is 9.90 Å². The van der Waals surface area contributed by atoms with E-state index in [1.165, 1.54) is 5.56 Å². The van der Waals surface area contributed by atoms with Crippen LogP contribution in [0.4, 0.5) is 5.82 Å². The number of nitrogens with zero attached hydrogens (tertiary/aromatic N) is 2. The van der Waals surface area contributed by atoms with E-state index in [4.69, 9.17) is 0 Å². The maximum Gasteiger partial charge on any atom is 0.339 e. The summed E-state index contributed by atoms with van der Waals surface area (Å²) < 4.78 is 0. The number of hydrogen-bond acceptors (Lipinski definition) is 3. The lowest BCUT2D eigenvalue weighted by Gasteiger charge is -2.42. The van der Waals surface area contributed by atoms with Crippen molar-refractivity contribution in [3.05, 3.63) is 59.3 Å². The fraction of sp³-hybridized carbons (Fsp3) is 0.368. The van der Waals surface area contributed by atoms with Gasteiger partial charge in [0.05, 0.1) is 0 Å². The van der Waals surface area contributed by atoms with Crippen molar-refractivity contribution in [2.24, 2.45) is 0 Å². The molecule has 1 fully saturated rings. The molecule has 0 saturated carbocycles. The molecule has 0 unspecified atom stereocenters. The Labute approximate surface area is 136 Å². The maximum absolute atomic E-state index is 11.5. The van der Waals surface area contributed by atoms with E-state index in [1.807, 2.05) is 13.0 Å². The monoisotopic (exact) mass is 310 g/mol. The summed E-state index contributed by atoms with van der Waals surface area (Å²) in [6.07, 6.45) is 2.13. The molecule has 1 N–H and O–H groups in total. The molecule has 4 nitrogen and oxygen atoms in total. The highest BCUT2D eigenvalue weighted by Gasteiger charge is 2.34. The van der Waals surface area contributed by atoms with E-state index in [1.54, 1.807) is 12.1 Å². The third-order valence-electron chi connectivity index (χ3n) is 4.71. The fourth-order valence-corrected chi connectivity index (χ4v) is 3.45. The minimum Gasteiger partial charge on any atom is -0.478 e. The summed E-state index contributed by atoms with van der Waals surface area (Å²) in [4.78, 5) is 18.2. The summed E-state index contributed by atoms with van der Waals surface area (Å²) >= 11 is 0. The van der Waals surface area contributed by atoms with E-state index in [0.29, 0.717) is 5.82 Å². The van der Waals surface area contributed by atoms with Crippen molar-refractivity contribution in [1.29, 1.82) is 0 Å². The standard InChI is InChI=1S/C19H22N2O2/c1-14-9-10-16(18(22)23)17(20-14)21-12-6-11-19(2,13-21)15-7-4-3-5-8-15/h3-5,7-10H,6,11-13H2,1-2H3,(H,22,23)/t19-/m1/s1.